The van der Waals surface area contributed by atoms with Crippen LogP contribution < -0.4 is 21.9 Å². The number of alkyl halides is 24. The van der Waals surface area contributed by atoms with E-state index >= 15 is 0 Å². The Morgan fingerprint density at radius 3 is 0.757 bits per heavy atom. The Labute approximate surface area is 403 Å². The van der Waals surface area contributed by atoms with E-state index in [0.29, 0.717) is 23.5 Å². The number of carbonyl (C=O) groups excluding carboxylic acids is 2. The Kier molecular flexibility index (Phi) is 17.1. The standard InChI is InChI=1S/C32H12BF24.C13H17O3S/c34-25(35,36)13-1-14(26(37,38)39)6-21(5-13)33(22-7-15(27(40,41)42)2-16(8-22)28(43,44)45,23-9-17(29(46,47)48)3-18(10-23)30(49,50)51)24-11-19(31(52,53)54)4-20(12-24)32(55,56)57;1-4-16-13(15)11-7-5-10(6-8-11)12(14)9-17(2)3/h1-12H;5-8H,4,9H2,1-3H3/q-1;+1. The van der Waals surface area contributed by atoms with Crippen LogP contribution >= 0.6 is 0 Å². The fraction of sp³-hybridized carbons (Fsp3) is 0.289. The van der Waals surface area contributed by atoms with E-state index in [0.717, 1.165) is 0 Å². The second-order valence-electron chi connectivity index (χ2n) is 16.1. The molecule has 0 amide bonds. The Morgan fingerprint density at radius 2 is 0.581 bits per heavy atom. The summed E-state index contributed by atoms with van der Waals surface area (Å²) in [6, 6.07) is -2.18. The van der Waals surface area contributed by atoms with E-state index in [1.54, 1.807) is 31.2 Å². The van der Waals surface area contributed by atoms with Gasteiger partial charge in [0.1, 0.15) is 6.15 Å². The van der Waals surface area contributed by atoms with Crippen molar-refractivity contribution in [2.45, 2.75) is 56.3 Å². The lowest BCUT2D eigenvalue weighted by Gasteiger charge is -2.46. The number of carbonyl (C=O) groups is 2. The van der Waals surface area contributed by atoms with Gasteiger partial charge in [0.15, 0.2) is 5.75 Å². The molecule has 0 saturated carbocycles. The summed E-state index contributed by atoms with van der Waals surface area (Å²) in [6.45, 7) is 2.12. The van der Waals surface area contributed by atoms with Gasteiger partial charge in [0.2, 0.25) is 5.78 Å². The minimum absolute atomic E-state index is 0.0955. The van der Waals surface area contributed by atoms with Gasteiger partial charge in [0.05, 0.1) is 69.2 Å². The third-order valence-corrected chi connectivity index (χ3v) is 11.4. The van der Waals surface area contributed by atoms with Crippen molar-refractivity contribution in [2.75, 3.05) is 24.9 Å². The molecule has 5 rings (SSSR count). The molecule has 0 fully saturated rings. The number of hydrogen-bond acceptors (Lipinski definition) is 3. The number of hydrogen-bond donors (Lipinski definition) is 0. The second-order valence-corrected chi connectivity index (χ2v) is 18.3. The van der Waals surface area contributed by atoms with Crippen molar-refractivity contribution in [3.8, 4) is 0 Å². The van der Waals surface area contributed by atoms with E-state index in [9.17, 15) is 115 Å². The summed E-state index contributed by atoms with van der Waals surface area (Å²) in [5.41, 5.74) is -29.1. The van der Waals surface area contributed by atoms with Crippen LogP contribution in [0.25, 0.3) is 0 Å². The van der Waals surface area contributed by atoms with E-state index in [-0.39, 0.29) is 22.6 Å². The molecule has 0 atom stereocenters. The number of benzene rings is 5. The largest absolute Gasteiger partial charge is 0.462 e. The smallest absolute Gasteiger partial charge is 0.416 e. The molecule has 0 N–H and O–H groups in total. The molecule has 74 heavy (non-hydrogen) atoms. The zero-order valence-electron chi connectivity index (χ0n) is 36.9. The molecular formula is C45H29BF24O3S. The summed E-state index contributed by atoms with van der Waals surface area (Å²) in [6.07, 6.45) is -50.7. The van der Waals surface area contributed by atoms with Crippen LogP contribution in [0.2, 0.25) is 0 Å². The highest BCUT2D eigenvalue weighted by Crippen LogP contribution is 2.41. The van der Waals surface area contributed by atoms with Gasteiger partial charge in [0, 0.05) is 5.56 Å². The first kappa shape index (κ1) is 60.5. The van der Waals surface area contributed by atoms with Gasteiger partial charge in [-0.25, -0.2) is 4.79 Å². The lowest BCUT2D eigenvalue weighted by atomic mass is 9.12. The first-order valence-electron chi connectivity index (χ1n) is 20.0. The van der Waals surface area contributed by atoms with E-state index in [1.165, 1.54) is 0 Å². The molecular weight excluding hydrogens is 1090 g/mol. The van der Waals surface area contributed by atoms with Gasteiger partial charge in [0.25, 0.3) is 0 Å². The molecule has 0 unspecified atom stereocenters. The van der Waals surface area contributed by atoms with Crippen molar-refractivity contribution in [2.24, 2.45) is 0 Å². The maximum atomic E-state index is 14.2. The maximum absolute atomic E-state index is 14.2. The summed E-state index contributed by atoms with van der Waals surface area (Å²) in [4.78, 5) is 23.2. The molecule has 0 bridgehead atoms. The third kappa shape index (κ3) is 14.4. The van der Waals surface area contributed by atoms with Crippen LogP contribution in [-0.2, 0) is 65.0 Å². The first-order valence-corrected chi connectivity index (χ1v) is 22.2. The van der Waals surface area contributed by atoms with Gasteiger partial charge in [-0.15, -0.1) is 0 Å². The monoisotopic (exact) mass is 1120 g/mol. The summed E-state index contributed by atoms with van der Waals surface area (Å²) < 4.78 is 346. The Morgan fingerprint density at radius 1 is 0.378 bits per heavy atom. The van der Waals surface area contributed by atoms with Gasteiger partial charge >= 0.3 is 55.4 Å². The topological polar surface area (TPSA) is 43.4 Å². The van der Waals surface area contributed by atoms with Gasteiger partial charge < -0.3 is 4.74 Å². The molecule has 5 aromatic rings. The molecule has 0 saturated heterocycles. The zero-order valence-corrected chi connectivity index (χ0v) is 37.7. The molecule has 3 nitrogen and oxygen atoms in total. The van der Waals surface area contributed by atoms with E-state index in [1.807, 2.05) is 12.5 Å². The molecule has 29 heteroatoms. The lowest BCUT2D eigenvalue weighted by molar-refractivity contribution is -0.144. The van der Waals surface area contributed by atoms with Crippen LogP contribution in [0, 0.1) is 0 Å². The van der Waals surface area contributed by atoms with Crippen molar-refractivity contribution >= 4 is 50.6 Å². The molecule has 0 heterocycles. The molecule has 0 aromatic heterocycles. The number of rotatable bonds is 9. The van der Waals surface area contributed by atoms with E-state index in [2.05, 4.69) is 0 Å². The van der Waals surface area contributed by atoms with Gasteiger partial charge in [-0.2, -0.15) is 127 Å². The summed E-state index contributed by atoms with van der Waals surface area (Å²) in [7, 11) is 0.0955. The average molecular weight is 1120 g/mol. The fourth-order valence-corrected chi connectivity index (χ4v) is 8.11. The molecule has 0 radical (unpaired) electrons. The van der Waals surface area contributed by atoms with Crippen LogP contribution in [0.1, 0.15) is 72.1 Å². The third-order valence-electron chi connectivity index (χ3n) is 10.6. The Hall–Kier alpha value is -6.03. The van der Waals surface area contributed by atoms with Gasteiger partial charge in [-0.1, -0.05) is 60.7 Å². The molecule has 0 aliphatic rings. The second kappa shape index (κ2) is 20.9. The summed E-state index contributed by atoms with van der Waals surface area (Å²) in [5, 5.41) is 0. The van der Waals surface area contributed by atoms with E-state index < -0.39 is 195 Å². The minimum atomic E-state index is -6.13. The van der Waals surface area contributed by atoms with Crippen molar-refractivity contribution in [3.63, 3.8) is 0 Å². The van der Waals surface area contributed by atoms with Crippen LogP contribution in [-0.4, -0.2) is 42.8 Å². The van der Waals surface area contributed by atoms with Gasteiger partial charge in [-0.05, 0) is 54.2 Å². The van der Waals surface area contributed by atoms with E-state index in [4.69, 9.17) is 4.74 Å². The summed E-state index contributed by atoms with van der Waals surface area (Å²) >= 11 is 0. The average Bonchev–Trinajstić information content (AvgIpc) is 3.24. The van der Waals surface area contributed by atoms with Crippen molar-refractivity contribution in [1.29, 1.82) is 0 Å². The van der Waals surface area contributed by atoms with Crippen LogP contribution in [0.3, 0.4) is 0 Å². The molecule has 404 valence electrons. The number of ether oxygens (including phenoxy) is 1. The lowest BCUT2D eigenvalue weighted by Crippen LogP contribution is -2.75. The number of halogens is 24. The first-order chi connectivity index (χ1) is 33.3. The Balaban J connectivity index is 0.000000589. The highest BCUT2D eigenvalue weighted by molar-refractivity contribution is 7.96. The SMILES string of the molecule is CCOC(=O)c1ccc(C(=O)C[S+](C)C)cc1.FC(F)(F)c1cc([B-](c2cc(C(F)(F)F)cc(C(F)(F)F)c2)(c2cc(C(F)(F)F)cc(C(F)(F)F)c2)c2cc(C(F)(F)F)cc(C(F)(F)F)c2)cc(C(F)(F)F)c1. The van der Waals surface area contributed by atoms with Crippen molar-refractivity contribution in [3.05, 3.63) is 153 Å². The van der Waals surface area contributed by atoms with Gasteiger partial charge in [-0.3, -0.25) is 4.79 Å². The number of ketones is 1. The van der Waals surface area contributed by atoms with Crippen LogP contribution in [0.5, 0.6) is 0 Å². The summed E-state index contributed by atoms with van der Waals surface area (Å²) in [5.74, 6) is 0.324. The molecule has 5 aromatic carbocycles. The van der Waals surface area contributed by atoms with Crippen molar-refractivity contribution in [1.82, 2.24) is 0 Å². The fourth-order valence-electron chi connectivity index (χ4n) is 7.42. The number of Topliss-reactive ketones (excluding diaryl/α,β-unsaturated/α-hetero) is 1. The zero-order chi connectivity index (χ0) is 56.7. The minimum Gasteiger partial charge on any atom is -0.462 e. The van der Waals surface area contributed by atoms with Crippen LogP contribution in [0.4, 0.5) is 105 Å². The highest BCUT2D eigenvalue weighted by Gasteiger charge is 2.47. The van der Waals surface area contributed by atoms with Crippen molar-refractivity contribution < 1.29 is 120 Å². The normalized spacial score (nSPS) is 13.4. The highest BCUT2D eigenvalue weighted by atomic mass is 32.2. The molecule has 0 spiro atoms. The molecule has 0 aliphatic carbocycles. The quantitative estimate of drug-likeness (QED) is 0.0486. The predicted molar refractivity (Wildman–Crippen MR) is 221 cm³/mol. The Bertz CT molecular complexity index is 2390. The predicted octanol–water partition coefficient (Wildman–Crippen LogP) is 13.1. The number of esters is 1. The molecule has 0 aliphatic heterocycles. The van der Waals surface area contributed by atoms with Crippen LogP contribution in [0.15, 0.2) is 97.1 Å². The maximum Gasteiger partial charge on any atom is 0.416 e.